The van der Waals surface area contributed by atoms with Crippen LogP contribution in [-0.4, -0.2) is 42.0 Å². The molecule has 0 radical (unpaired) electrons. The summed E-state index contributed by atoms with van der Waals surface area (Å²) in [6, 6.07) is 8.54. The van der Waals surface area contributed by atoms with Gasteiger partial charge in [0.2, 0.25) is 0 Å². The quantitative estimate of drug-likeness (QED) is 0.727. The van der Waals surface area contributed by atoms with Crippen LogP contribution in [-0.2, 0) is 12.7 Å². The van der Waals surface area contributed by atoms with E-state index in [4.69, 9.17) is 11.6 Å². The lowest BCUT2D eigenvalue weighted by atomic mass is 10.2. The number of carbonyl (C=O) groups is 1. The molecule has 0 aromatic heterocycles. The standard InChI is InChI=1S/C19H18ClF4N3O/c20-16-5-2-6-17(21)15(16)12-26-7-9-27(10-8-26)18(28)25-14-4-1-3-13(11-14)19(22,23)24/h1-6,11H,7-10,12H2,(H,25,28). The van der Waals surface area contributed by atoms with Crippen LogP contribution in [0.5, 0.6) is 0 Å². The number of benzene rings is 2. The minimum absolute atomic E-state index is 0.0837. The van der Waals surface area contributed by atoms with E-state index in [0.717, 1.165) is 12.1 Å². The molecule has 1 aliphatic rings. The predicted molar refractivity (Wildman–Crippen MR) is 98.7 cm³/mol. The van der Waals surface area contributed by atoms with Crippen molar-refractivity contribution in [3.05, 3.63) is 64.4 Å². The van der Waals surface area contributed by atoms with Crippen molar-refractivity contribution in [3.63, 3.8) is 0 Å². The number of amides is 2. The van der Waals surface area contributed by atoms with E-state index >= 15 is 0 Å². The summed E-state index contributed by atoms with van der Waals surface area (Å²) in [5.74, 6) is -0.378. The van der Waals surface area contributed by atoms with Gasteiger partial charge in [0.15, 0.2) is 0 Å². The molecule has 0 atom stereocenters. The zero-order valence-electron chi connectivity index (χ0n) is 14.8. The van der Waals surface area contributed by atoms with Crippen molar-refractivity contribution < 1.29 is 22.4 Å². The normalized spacial score (nSPS) is 15.5. The maximum Gasteiger partial charge on any atom is 0.416 e. The minimum atomic E-state index is -4.47. The first-order chi connectivity index (χ1) is 13.2. The van der Waals surface area contributed by atoms with Gasteiger partial charge in [0, 0.05) is 49.0 Å². The molecule has 1 aliphatic heterocycles. The Labute approximate surface area is 164 Å². The third-order valence-electron chi connectivity index (χ3n) is 4.54. The average Bonchev–Trinajstić information content (AvgIpc) is 2.65. The van der Waals surface area contributed by atoms with E-state index in [1.54, 1.807) is 6.07 Å². The van der Waals surface area contributed by atoms with Gasteiger partial charge in [-0.15, -0.1) is 0 Å². The zero-order valence-corrected chi connectivity index (χ0v) is 15.5. The molecule has 2 amide bonds. The van der Waals surface area contributed by atoms with Gasteiger partial charge in [-0.1, -0.05) is 23.7 Å². The first kappa shape index (κ1) is 20.4. The number of halogens is 5. The van der Waals surface area contributed by atoms with Crippen molar-refractivity contribution >= 4 is 23.3 Å². The molecule has 4 nitrogen and oxygen atoms in total. The number of alkyl halides is 3. The van der Waals surface area contributed by atoms with E-state index in [1.165, 1.54) is 29.2 Å². The van der Waals surface area contributed by atoms with Gasteiger partial charge >= 0.3 is 12.2 Å². The van der Waals surface area contributed by atoms with Crippen molar-refractivity contribution in [2.24, 2.45) is 0 Å². The SMILES string of the molecule is O=C(Nc1cccc(C(F)(F)F)c1)N1CCN(Cc2c(F)cccc2Cl)CC1. The number of anilines is 1. The van der Waals surface area contributed by atoms with Crippen LogP contribution in [0.1, 0.15) is 11.1 Å². The van der Waals surface area contributed by atoms with Crippen molar-refractivity contribution in [1.82, 2.24) is 9.80 Å². The highest BCUT2D eigenvalue weighted by atomic mass is 35.5. The Morgan fingerprint density at radius 2 is 1.75 bits per heavy atom. The second-order valence-electron chi connectivity index (χ2n) is 6.47. The molecule has 2 aromatic rings. The molecule has 1 saturated heterocycles. The highest BCUT2D eigenvalue weighted by molar-refractivity contribution is 6.31. The van der Waals surface area contributed by atoms with E-state index in [-0.39, 0.29) is 11.5 Å². The Morgan fingerprint density at radius 1 is 1.07 bits per heavy atom. The maximum absolute atomic E-state index is 13.9. The molecule has 0 aliphatic carbocycles. The molecule has 28 heavy (non-hydrogen) atoms. The first-order valence-corrected chi connectivity index (χ1v) is 9.00. The summed E-state index contributed by atoms with van der Waals surface area (Å²) >= 11 is 6.04. The zero-order chi connectivity index (χ0) is 20.3. The van der Waals surface area contributed by atoms with Gasteiger partial charge < -0.3 is 10.2 Å². The first-order valence-electron chi connectivity index (χ1n) is 8.62. The Bertz CT molecular complexity index is 831. The van der Waals surface area contributed by atoms with Gasteiger partial charge in [0.1, 0.15) is 5.82 Å². The fourth-order valence-electron chi connectivity index (χ4n) is 2.99. The second kappa shape index (κ2) is 8.36. The van der Waals surface area contributed by atoms with Gasteiger partial charge in [-0.05, 0) is 30.3 Å². The van der Waals surface area contributed by atoms with Gasteiger partial charge in [-0.3, -0.25) is 4.90 Å². The molecular formula is C19H18ClF4N3O. The van der Waals surface area contributed by atoms with Crippen LogP contribution < -0.4 is 5.32 Å². The van der Waals surface area contributed by atoms with Crippen LogP contribution in [0.25, 0.3) is 0 Å². The summed E-state index contributed by atoms with van der Waals surface area (Å²) in [6.45, 7) is 2.07. The lowest BCUT2D eigenvalue weighted by molar-refractivity contribution is -0.137. The van der Waals surface area contributed by atoms with Gasteiger partial charge in [-0.2, -0.15) is 13.2 Å². The summed E-state index contributed by atoms with van der Waals surface area (Å²) in [4.78, 5) is 15.8. The molecule has 1 heterocycles. The predicted octanol–water partition coefficient (Wildman–Crippen LogP) is 4.85. The second-order valence-corrected chi connectivity index (χ2v) is 6.88. The fraction of sp³-hybridized carbons (Fsp3) is 0.316. The van der Waals surface area contributed by atoms with Crippen LogP contribution in [0.2, 0.25) is 5.02 Å². The topological polar surface area (TPSA) is 35.6 Å². The number of piperazine rings is 1. The smallest absolute Gasteiger partial charge is 0.322 e. The largest absolute Gasteiger partial charge is 0.416 e. The number of urea groups is 1. The molecule has 0 saturated carbocycles. The van der Waals surface area contributed by atoms with E-state index in [9.17, 15) is 22.4 Å². The van der Waals surface area contributed by atoms with Crippen molar-refractivity contribution in [2.45, 2.75) is 12.7 Å². The molecule has 1 N–H and O–H groups in total. The van der Waals surface area contributed by atoms with Crippen LogP contribution in [0, 0.1) is 5.82 Å². The van der Waals surface area contributed by atoms with Crippen molar-refractivity contribution in [2.75, 3.05) is 31.5 Å². The van der Waals surface area contributed by atoms with E-state index in [0.29, 0.717) is 43.3 Å². The van der Waals surface area contributed by atoms with Crippen LogP contribution in [0.4, 0.5) is 28.0 Å². The monoisotopic (exact) mass is 415 g/mol. The highest BCUT2D eigenvalue weighted by Gasteiger charge is 2.30. The lowest BCUT2D eigenvalue weighted by Gasteiger charge is -2.34. The van der Waals surface area contributed by atoms with Crippen molar-refractivity contribution in [1.29, 1.82) is 0 Å². The van der Waals surface area contributed by atoms with Crippen molar-refractivity contribution in [3.8, 4) is 0 Å². The van der Waals surface area contributed by atoms with Crippen LogP contribution in [0.15, 0.2) is 42.5 Å². The molecule has 9 heteroatoms. The molecule has 0 bridgehead atoms. The summed E-state index contributed by atoms with van der Waals surface area (Å²) in [7, 11) is 0. The van der Waals surface area contributed by atoms with Gasteiger partial charge in [0.05, 0.1) is 5.56 Å². The summed E-state index contributed by atoms with van der Waals surface area (Å²) in [5, 5.41) is 2.85. The Balaban J connectivity index is 1.56. The molecule has 2 aromatic carbocycles. The average molecular weight is 416 g/mol. The third kappa shape index (κ3) is 4.94. The van der Waals surface area contributed by atoms with E-state index < -0.39 is 17.8 Å². The minimum Gasteiger partial charge on any atom is -0.322 e. The van der Waals surface area contributed by atoms with Crippen LogP contribution in [0.3, 0.4) is 0 Å². The van der Waals surface area contributed by atoms with E-state index in [2.05, 4.69) is 5.32 Å². The van der Waals surface area contributed by atoms with Crippen LogP contribution >= 0.6 is 11.6 Å². The van der Waals surface area contributed by atoms with Gasteiger partial charge in [-0.25, -0.2) is 9.18 Å². The Kier molecular flexibility index (Phi) is 6.10. The van der Waals surface area contributed by atoms with Gasteiger partial charge in [0.25, 0.3) is 0 Å². The summed E-state index contributed by atoms with van der Waals surface area (Å²) in [6.07, 6.45) is -4.47. The third-order valence-corrected chi connectivity index (χ3v) is 4.90. The number of nitrogens with one attached hydrogen (secondary N) is 1. The fourth-order valence-corrected chi connectivity index (χ4v) is 3.21. The molecule has 150 valence electrons. The highest BCUT2D eigenvalue weighted by Crippen LogP contribution is 2.30. The number of nitrogens with zero attached hydrogens (tertiary/aromatic N) is 2. The number of carbonyl (C=O) groups excluding carboxylic acids is 1. The summed E-state index contributed by atoms with van der Waals surface area (Å²) < 4.78 is 52.2. The number of hydrogen-bond donors (Lipinski definition) is 1. The van der Waals surface area contributed by atoms with E-state index in [1.807, 2.05) is 4.90 Å². The number of hydrogen-bond acceptors (Lipinski definition) is 2. The summed E-state index contributed by atoms with van der Waals surface area (Å²) in [5.41, 5.74) is -0.330. The molecular weight excluding hydrogens is 398 g/mol. The number of rotatable bonds is 3. The molecule has 0 unspecified atom stereocenters. The molecule has 0 spiro atoms. The Morgan fingerprint density at radius 3 is 2.39 bits per heavy atom. The Hall–Kier alpha value is -2.32. The molecule has 1 fully saturated rings. The molecule has 3 rings (SSSR count). The maximum atomic E-state index is 13.9. The lowest BCUT2D eigenvalue weighted by Crippen LogP contribution is -2.49.